The second-order valence-electron chi connectivity index (χ2n) is 4.52. The maximum atomic E-state index is 11.8. The van der Waals surface area contributed by atoms with Crippen LogP contribution in [0.1, 0.15) is 38.8 Å². The lowest BCUT2D eigenvalue weighted by Gasteiger charge is -2.18. The number of carbonyl (C=O) groups is 1. The van der Waals surface area contributed by atoms with Crippen molar-refractivity contribution in [2.75, 3.05) is 0 Å². The number of thiophene rings is 1. The Balaban J connectivity index is 2.45. The zero-order valence-electron chi connectivity index (χ0n) is 10.1. The molecule has 0 spiro atoms. The lowest BCUT2D eigenvalue weighted by molar-refractivity contribution is -0.123. The summed E-state index contributed by atoms with van der Waals surface area (Å²) >= 11 is 1.63. The first-order valence-electron chi connectivity index (χ1n) is 5.58. The van der Waals surface area contributed by atoms with E-state index in [0.29, 0.717) is 5.92 Å². The number of hydrogen-bond donors (Lipinski definition) is 2. The molecule has 0 aromatic carbocycles. The largest absolute Gasteiger partial charge is 0.348 e. The van der Waals surface area contributed by atoms with Crippen LogP contribution in [-0.4, -0.2) is 11.9 Å². The summed E-state index contributed by atoms with van der Waals surface area (Å²) in [6, 6.07) is 1.65. The molecule has 3 nitrogen and oxygen atoms in total. The van der Waals surface area contributed by atoms with Crippen LogP contribution in [0.25, 0.3) is 0 Å². The van der Waals surface area contributed by atoms with E-state index in [4.69, 9.17) is 5.73 Å². The number of hydrogen-bond acceptors (Lipinski definition) is 3. The van der Waals surface area contributed by atoms with Crippen molar-refractivity contribution in [1.82, 2.24) is 5.32 Å². The van der Waals surface area contributed by atoms with Crippen LogP contribution < -0.4 is 11.1 Å². The molecular formula is C12H20N2OS. The van der Waals surface area contributed by atoms with Crippen molar-refractivity contribution in [1.29, 1.82) is 0 Å². The first-order chi connectivity index (χ1) is 7.50. The van der Waals surface area contributed by atoms with E-state index in [0.717, 1.165) is 12.0 Å². The molecule has 1 aromatic rings. The van der Waals surface area contributed by atoms with Crippen LogP contribution >= 0.6 is 11.3 Å². The Bertz CT molecular complexity index is 322. The molecule has 1 heterocycles. The van der Waals surface area contributed by atoms with Crippen LogP contribution in [0.15, 0.2) is 16.8 Å². The van der Waals surface area contributed by atoms with E-state index in [1.54, 1.807) is 11.3 Å². The first-order valence-corrected chi connectivity index (χ1v) is 6.53. The summed E-state index contributed by atoms with van der Waals surface area (Å²) in [6.45, 7) is 6.10. The second-order valence-corrected chi connectivity index (χ2v) is 5.30. The highest BCUT2D eigenvalue weighted by Gasteiger charge is 2.17. The third kappa shape index (κ3) is 3.94. The van der Waals surface area contributed by atoms with E-state index in [2.05, 4.69) is 19.2 Å². The maximum absolute atomic E-state index is 11.8. The van der Waals surface area contributed by atoms with Gasteiger partial charge in [0.05, 0.1) is 12.1 Å². The Kier molecular flexibility index (Phi) is 4.96. The zero-order chi connectivity index (χ0) is 12.1. The number of rotatable bonds is 5. The van der Waals surface area contributed by atoms with Gasteiger partial charge in [0.25, 0.3) is 0 Å². The molecule has 3 N–H and O–H groups in total. The van der Waals surface area contributed by atoms with E-state index < -0.39 is 6.04 Å². The predicted molar refractivity (Wildman–Crippen MR) is 68.3 cm³/mol. The summed E-state index contributed by atoms with van der Waals surface area (Å²) in [5.74, 6) is 0.379. The predicted octanol–water partition coefficient (Wildman–Crippen LogP) is 2.30. The van der Waals surface area contributed by atoms with Gasteiger partial charge in [0, 0.05) is 0 Å². The molecule has 0 fully saturated rings. The minimum atomic E-state index is -0.402. The molecule has 16 heavy (non-hydrogen) atoms. The molecule has 0 radical (unpaired) electrons. The monoisotopic (exact) mass is 240 g/mol. The molecule has 0 aliphatic carbocycles. The van der Waals surface area contributed by atoms with Gasteiger partial charge in [0.1, 0.15) is 0 Å². The van der Waals surface area contributed by atoms with Gasteiger partial charge in [-0.25, -0.2) is 0 Å². The highest BCUT2D eigenvalue weighted by atomic mass is 32.1. The van der Waals surface area contributed by atoms with Crippen molar-refractivity contribution in [3.63, 3.8) is 0 Å². The van der Waals surface area contributed by atoms with Crippen LogP contribution in [0.3, 0.4) is 0 Å². The summed E-state index contributed by atoms with van der Waals surface area (Å²) in [5.41, 5.74) is 6.94. The second kappa shape index (κ2) is 6.01. The minimum Gasteiger partial charge on any atom is -0.348 e. The van der Waals surface area contributed by atoms with Crippen molar-refractivity contribution in [2.45, 2.75) is 39.3 Å². The lowest BCUT2D eigenvalue weighted by Crippen LogP contribution is -2.42. The van der Waals surface area contributed by atoms with Gasteiger partial charge in [-0.2, -0.15) is 11.3 Å². The lowest BCUT2D eigenvalue weighted by atomic mass is 10.0. The number of nitrogens with two attached hydrogens (primary N) is 1. The first kappa shape index (κ1) is 13.2. The zero-order valence-corrected chi connectivity index (χ0v) is 10.9. The highest BCUT2D eigenvalue weighted by molar-refractivity contribution is 7.07. The molecule has 1 rings (SSSR count). The molecule has 0 aliphatic rings. The minimum absolute atomic E-state index is 0.0389. The van der Waals surface area contributed by atoms with Crippen LogP contribution in [0.4, 0.5) is 0 Å². The third-order valence-corrected chi connectivity index (χ3v) is 3.17. The summed E-state index contributed by atoms with van der Waals surface area (Å²) in [5, 5.41) is 6.98. The average Bonchev–Trinajstić information content (AvgIpc) is 2.68. The molecule has 0 saturated heterocycles. The Morgan fingerprint density at radius 3 is 2.69 bits per heavy atom. The van der Waals surface area contributed by atoms with Crippen LogP contribution in [0.2, 0.25) is 0 Å². The van der Waals surface area contributed by atoms with E-state index in [1.807, 2.05) is 23.8 Å². The van der Waals surface area contributed by atoms with E-state index >= 15 is 0 Å². The van der Waals surface area contributed by atoms with E-state index in [-0.39, 0.29) is 11.9 Å². The molecule has 0 bridgehead atoms. The fourth-order valence-electron chi connectivity index (χ4n) is 1.54. The maximum Gasteiger partial charge on any atom is 0.237 e. The van der Waals surface area contributed by atoms with Crippen LogP contribution in [-0.2, 0) is 4.79 Å². The Hall–Kier alpha value is -0.870. The smallest absolute Gasteiger partial charge is 0.237 e. The van der Waals surface area contributed by atoms with Gasteiger partial charge in [-0.3, -0.25) is 4.79 Å². The van der Waals surface area contributed by atoms with Gasteiger partial charge in [-0.05, 0) is 41.7 Å². The fourth-order valence-corrected chi connectivity index (χ4v) is 2.29. The summed E-state index contributed by atoms with van der Waals surface area (Å²) in [4.78, 5) is 11.8. The van der Waals surface area contributed by atoms with Gasteiger partial charge in [0.15, 0.2) is 0 Å². The summed E-state index contributed by atoms with van der Waals surface area (Å²) < 4.78 is 0. The van der Waals surface area contributed by atoms with Gasteiger partial charge in [0.2, 0.25) is 5.91 Å². The van der Waals surface area contributed by atoms with Crippen molar-refractivity contribution in [3.05, 3.63) is 22.4 Å². The Morgan fingerprint density at radius 1 is 1.50 bits per heavy atom. The fraction of sp³-hybridized carbons (Fsp3) is 0.583. The standard InChI is InChI=1S/C12H20N2OS/c1-8(2)6-11(13)12(15)14-9(3)10-4-5-16-7-10/h4-5,7-9,11H,6,13H2,1-3H3,(H,14,15)/t9?,11-/m0/s1. The quantitative estimate of drug-likeness (QED) is 0.829. The van der Waals surface area contributed by atoms with Crippen molar-refractivity contribution in [3.8, 4) is 0 Å². The molecule has 1 unspecified atom stereocenters. The average molecular weight is 240 g/mol. The third-order valence-electron chi connectivity index (χ3n) is 2.46. The number of nitrogens with one attached hydrogen (secondary N) is 1. The van der Waals surface area contributed by atoms with E-state index in [1.165, 1.54) is 0 Å². The van der Waals surface area contributed by atoms with Gasteiger partial charge in [-0.15, -0.1) is 0 Å². The highest BCUT2D eigenvalue weighted by Crippen LogP contribution is 2.15. The molecule has 0 saturated carbocycles. The molecule has 0 aliphatic heterocycles. The normalized spacial score (nSPS) is 14.8. The molecule has 90 valence electrons. The van der Waals surface area contributed by atoms with Crippen LogP contribution in [0, 0.1) is 5.92 Å². The van der Waals surface area contributed by atoms with Gasteiger partial charge in [-0.1, -0.05) is 13.8 Å². The van der Waals surface area contributed by atoms with Gasteiger partial charge < -0.3 is 11.1 Å². The SMILES string of the molecule is CC(C)C[C@H](N)C(=O)NC(C)c1ccsc1. The Morgan fingerprint density at radius 2 is 2.19 bits per heavy atom. The number of amides is 1. The molecule has 1 aromatic heterocycles. The molecule has 1 amide bonds. The molecule has 4 heteroatoms. The molecule has 2 atom stereocenters. The summed E-state index contributed by atoms with van der Waals surface area (Å²) in [7, 11) is 0. The topological polar surface area (TPSA) is 55.1 Å². The Labute approximate surface area is 101 Å². The van der Waals surface area contributed by atoms with Gasteiger partial charge >= 0.3 is 0 Å². The van der Waals surface area contributed by atoms with Crippen molar-refractivity contribution in [2.24, 2.45) is 11.7 Å². The van der Waals surface area contributed by atoms with Crippen LogP contribution in [0.5, 0.6) is 0 Å². The molecular weight excluding hydrogens is 220 g/mol. The van der Waals surface area contributed by atoms with Crippen molar-refractivity contribution < 1.29 is 4.79 Å². The summed E-state index contributed by atoms with van der Waals surface area (Å²) in [6.07, 6.45) is 0.724. The van der Waals surface area contributed by atoms with Crippen molar-refractivity contribution >= 4 is 17.2 Å². The van der Waals surface area contributed by atoms with E-state index in [9.17, 15) is 4.79 Å². The number of carbonyl (C=O) groups excluding carboxylic acids is 1.